The highest BCUT2D eigenvalue weighted by Crippen LogP contribution is 2.33. The summed E-state index contributed by atoms with van der Waals surface area (Å²) < 4.78 is 0. The van der Waals surface area contributed by atoms with Gasteiger partial charge in [0.2, 0.25) is 5.91 Å². The summed E-state index contributed by atoms with van der Waals surface area (Å²) in [5, 5.41) is 0. The Morgan fingerprint density at radius 3 is 2.29 bits per heavy atom. The maximum atomic E-state index is 11.7. The summed E-state index contributed by atoms with van der Waals surface area (Å²) in [6.45, 7) is 0. The zero-order valence-corrected chi connectivity index (χ0v) is 9.82. The Kier molecular flexibility index (Phi) is 3.61. The highest BCUT2D eigenvalue weighted by atomic mass is 35.5. The summed E-state index contributed by atoms with van der Waals surface area (Å²) in [7, 11) is 0. The Hall–Kier alpha value is 0.110. The molecule has 2 fully saturated rings. The van der Waals surface area contributed by atoms with Gasteiger partial charge in [0.05, 0.1) is 0 Å². The lowest BCUT2D eigenvalue weighted by Crippen LogP contribution is -2.44. The van der Waals surface area contributed by atoms with Crippen LogP contribution in [0.1, 0.15) is 25.7 Å². The highest BCUT2D eigenvalue weighted by molar-refractivity contribution is 7.99. The van der Waals surface area contributed by atoms with E-state index >= 15 is 0 Å². The van der Waals surface area contributed by atoms with Crippen molar-refractivity contribution in [2.45, 2.75) is 37.8 Å². The molecule has 0 atom stereocenters. The third-order valence-corrected chi connectivity index (χ3v) is 4.20. The van der Waals surface area contributed by atoms with E-state index in [1.54, 1.807) is 0 Å². The van der Waals surface area contributed by atoms with E-state index in [4.69, 9.17) is 11.6 Å². The minimum atomic E-state index is 0.145. The van der Waals surface area contributed by atoms with E-state index in [0.29, 0.717) is 12.1 Å². The number of nitrogens with zero attached hydrogens (tertiary/aromatic N) is 1. The van der Waals surface area contributed by atoms with Gasteiger partial charge in [0.15, 0.2) is 0 Å². The average Bonchev–Trinajstić information content (AvgIpc) is 3.04. The standard InChI is InChI=1S/C10H16ClNOS/c11-7-10(13)12(8-1-2-8)9-3-5-14-6-4-9/h8-9H,1-7H2. The zero-order chi connectivity index (χ0) is 9.97. The Balaban J connectivity index is 1.97. The van der Waals surface area contributed by atoms with Crippen molar-refractivity contribution in [3.63, 3.8) is 0 Å². The van der Waals surface area contributed by atoms with Crippen LogP contribution in [0.25, 0.3) is 0 Å². The normalized spacial score (nSPS) is 23.5. The number of amides is 1. The first-order valence-electron chi connectivity index (χ1n) is 5.28. The van der Waals surface area contributed by atoms with Crippen LogP contribution in [0.15, 0.2) is 0 Å². The fourth-order valence-electron chi connectivity index (χ4n) is 2.09. The molecule has 0 bridgehead atoms. The molecule has 2 aliphatic rings. The van der Waals surface area contributed by atoms with E-state index in [1.165, 1.54) is 24.3 Å². The van der Waals surface area contributed by atoms with E-state index in [2.05, 4.69) is 4.90 Å². The molecule has 1 amide bonds. The number of thioether (sulfide) groups is 1. The molecule has 80 valence electrons. The first-order valence-corrected chi connectivity index (χ1v) is 6.96. The number of halogens is 1. The van der Waals surface area contributed by atoms with Gasteiger partial charge in [0.1, 0.15) is 5.88 Å². The van der Waals surface area contributed by atoms with Gasteiger partial charge in [-0.1, -0.05) is 0 Å². The Labute approximate surface area is 94.4 Å². The van der Waals surface area contributed by atoms with Gasteiger partial charge in [0, 0.05) is 12.1 Å². The third kappa shape index (κ3) is 2.37. The minimum absolute atomic E-state index is 0.145. The summed E-state index contributed by atoms with van der Waals surface area (Å²) in [6, 6.07) is 1.00. The molecule has 4 heteroatoms. The molecule has 0 aromatic rings. The lowest BCUT2D eigenvalue weighted by molar-refractivity contribution is -0.131. The lowest BCUT2D eigenvalue weighted by atomic mass is 10.1. The number of alkyl halides is 1. The topological polar surface area (TPSA) is 20.3 Å². The molecule has 0 N–H and O–H groups in total. The molecular formula is C10H16ClNOS. The molecule has 0 radical (unpaired) electrons. The van der Waals surface area contributed by atoms with Crippen molar-refractivity contribution >= 4 is 29.3 Å². The van der Waals surface area contributed by atoms with Gasteiger partial charge in [-0.05, 0) is 37.2 Å². The molecule has 2 nitrogen and oxygen atoms in total. The van der Waals surface area contributed by atoms with Gasteiger partial charge < -0.3 is 4.90 Å². The molecule has 1 heterocycles. The number of carbonyl (C=O) groups excluding carboxylic acids is 1. The van der Waals surface area contributed by atoms with Gasteiger partial charge in [-0.15, -0.1) is 11.6 Å². The van der Waals surface area contributed by atoms with E-state index < -0.39 is 0 Å². The van der Waals surface area contributed by atoms with E-state index in [1.807, 2.05) is 11.8 Å². The molecule has 0 unspecified atom stereocenters. The Morgan fingerprint density at radius 1 is 1.21 bits per heavy atom. The van der Waals surface area contributed by atoms with Crippen molar-refractivity contribution in [2.75, 3.05) is 17.4 Å². The molecule has 1 aliphatic heterocycles. The lowest BCUT2D eigenvalue weighted by Gasteiger charge is -2.34. The van der Waals surface area contributed by atoms with Crippen molar-refractivity contribution in [3.05, 3.63) is 0 Å². The van der Waals surface area contributed by atoms with Gasteiger partial charge in [-0.3, -0.25) is 4.79 Å². The smallest absolute Gasteiger partial charge is 0.237 e. The Morgan fingerprint density at radius 2 is 1.79 bits per heavy atom. The summed E-state index contributed by atoms with van der Waals surface area (Å²) in [6.07, 6.45) is 4.69. The van der Waals surface area contributed by atoms with Crippen LogP contribution in [0, 0.1) is 0 Å². The Bertz CT molecular complexity index is 214. The molecule has 1 saturated heterocycles. The number of carbonyl (C=O) groups is 1. The van der Waals surface area contributed by atoms with Gasteiger partial charge in [-0.25, -0.2) is 0 Å². The van der Waals surface area contributed by atoms with Crippen molar-refractivity contribution < 1.29 is 4.79 Å². The predicted octanol–water partition coefficient (Wildman–Crippen LogP) is 2.11. The highest BCUT2D eigenvalue weighted by Gasteiger charge is 2.37. The van der Waals surface area contributed by atoms with Crippen molar-refractivity contribution in [1.82, 2.24) is 4.90 Å². The zero-order valence-electron chi connectivity index (χ0n) is 8.25. The van der Waals surface area contributed by atoms with Crippen molar-refractivity contribution in [2.24, 2.45) is 0 Å². The van der Waals surface area contributed by atoms with Gasteiger partial charge in [-0.2, -0.15) is 11.8 Å². The predicted molar refractivity (Wildman–Crippen MR) is 60.9 cm³/mol. The van der Waals surface area contributed by atoms with Crippen LogP contribution in [0.5, 0.6) is 0 Å². The molecule has 0 aromatic heterocycles. The van der Waals surface area contributed by atoms with Gasteiger partial charge in [0.25, 0.3) is 0 Å². The van der Waals surface area contributed by atoms with E-state index in [0.717, 1.165) is 12.8 Å². The molecule has 0 aromatic carbocycles. The average molecular weight is 234 g/mol. The summed E-state index contributed by atoms with van der Waals surface area (Å²) >= 11 is 7.64. The summed E-state index contributed by atoms with van der Waals surface area (Å²) in [4.78, 5) is 13.8. The molecule has 1 aliphatic carbocycles. The molecule has 2 rings (SSSR count). The summed E-state index contributed by atoms with van der Waals surface area (Å²) in [5.74, 6) is 2.69. The maximum absolute atomic E-state index is 11.7. The van der Waals surface area contributed by atoms with E-state index in [9.17, 15) is 4.79 Å². The second kappa shape index (κ2) is 4.75. The van der Waals surface area contributed by atoms with Crippen LogP contribution in [-0.4, -0.2) is 40.3 Å². The fraction of sp³-hybridized carbons (Fsp3) is 0.900. The van der Waals surface area contributed by atoms with E-state index in [-0.39, 0.29) is 11.8 Å². The molecule has 14 heavy (non-hydrogen) atoms. The second-order valence-corrected chi connectivity index (χ2v) is 5.50. The van der Waals surface area contributed by atoms with Crippen LogP contribution in [0.3, 0.4) is 0 Å². The number of hydrogen-bond donors (Lipinski definition) is 0. The first-order chi connectivity index (χ1) is 6.83. The van der Waals surface area contributed by atoms with Crippen LogP contribution in [-0.2, 0) is 4.79 Å². The summed E-state index contributed by atoms with van der Waals surface area (Å²) in [5.41, 5.74) is 0. The quantitative estimate of drug-likeness (QED) is 0.696. The number of rotatable bonds is 3. The molecular weight excluding hydrogens is 218 g/mol. The van der Waals surface area contributed by atoms with Crippen LogP contribution >= 0.6 is 23.4 Å². The van der Waals surface area contributed by atoms with Gasteiger partial charge >= 0.3 is 0 Å². The van der Waals surface area contributed by atoms with Crippen LogP contribution < -0.4 is 0 Å². The molecule has 0 spiro atoms. The minimum Gasteiger partial charge on any atom is -0.336 e. The van der Waals surface area contributed by atoms with Crippen LogP contribution in [0.2, 0.25) is 0 Å². The molecule has 1 saturated carbocycles. The monoisotopic (exact) mass is 233 g/mol. The first kappa shape index (κ1) is 10.6. The SMILES string of the molecule is O=C(CCl)N(C1CCSCC1)C1CC1. The number of hydrogen-bond acceptors (Lipinski definition) is 2. The van der Waals surface area contributed by atoms with Crippen molar-refractivity contribution in [1.29, 1.82) is 0 Å². The second-order valence-electron chi connectivity index (χ2n) is 4.01. The largest absolute Gasteiger partial charge is 0.336 e. The maximum Gasteiger partial charge on any atom is 0.237 e. The fourth-order valence-corrected chi connectivity index (χ4v) is 3.31. The third-order valence-electron chi connectivity index (χ3n) is 2.93. The van der Waals surface area contributed by atoms with Crippen LogP contribution in [0.4, 0.5) is 0 Å². The van der Waals surface area contributed by atoms with Crippen molar-refractivity contribution in [3.8, 4) is 0 Å².